The van der Waals surface area contributed by atoms with E-state index in [4.69, 9.17) is 14.9 Å². The fourth-order valence-corrected chi connectivity index (χ4v) is 0.768. The SMILES string of the molecule is OCC1(CO)NCNCO1. The Labute approximate surface area is 59.0 Å². The van der Waals surface area contributed by atoms with E-state index in [0.717, 1.165) is 0 Å². The van der Waals surface area contributed by atoms with E-state index in [0.29, 0.717) is 13.4 Å². The van der Waals surface area contributed by atoms with Crippen LogP contribution in [0.5, 0.6) is 0 Å². The van der Waals surface area contributed by atoms with Crippen molar-refractivity contribution in [3.8, 4) is 0 Å². The van der Waals surface area contributed by atoms with E-state index in [-0.39, 0.29) is 13.2 Å². The third-order valence-electron chi connectivity index (χ3n) is 1.50. The Bertz CT molecular complexity index is 97.1. The molecule has 0 bridgehead atoms. The molecule has 10 heavy (non-hydrogen) atoms. The van der Waals surface area contributed by atoms with Gasteiger partial charge in [-0.05, 0) is 0 Å². The molecule has 1 rings (SSSR count). The van der Waals surface area contributed by atoms with Crippen LogP contribution in [0.25, 0.3) is 0 Å². The molecule has 1 aliphatic rings. The first-order valence-corrected chi connectivity index (χ1v) is 3.14. The first kappa shape index (κ1) is 7.90. The molecule has 60 valence electrons. The highest BCUT2D eigenvalue weighted by Crippen LogP contribution is 2.05. The average molecular weight is 148 g/mol. The van der Waals surface area contributed by atoms with Crippen LogP contribution in [0.1, 0.15) is 0 Å². The van der Waals surface area contributed by atoms with Crippen molar-refractivity contribution in [1.82, 2.24) is 10.6 Å². The smallest absolute Gasteiger partial charge is 0.168 e. The molecule has 0 aromatic carbocycles. The average Bonchev–Trinajstić information content (AvgIpc) is 2.06. The predicted octanol–water partition coefficient (Wildman–Crippen LogP) is -2.21. The van der Waals surface area contributed by atoms with Crippen molar-refractivity contribution in [3.63, 3.8) is 0 Å². The van der Waals surface area contributed by atoms with Crippen LogP contribution >= 0.6 is 0 Å². The van der Waals surface area contributed by atoms with E-state index in [9.17, 15) is 0 Å². The molecule has 5 heteroatoms. The Balaban J connectivity index is 2.44. The highest BCUT2D eigenvalue weighted by Gasteiger charge is 2.30. The summed E-state index contributed by atoms with van der Waals surface area (Å²) in [7, 11) is 0. The van der Waals surface area contributed by atoms with Crippen molar-refractivity contribution in [3.05, 3.63) is 0 Å². The number of aliphatic hydroxyl groups is 2. The first-order valence-electron chi connectivity index (χ1n) is 3.14. The van der Waals surface area contributed by atoms with Crippen molar-refractivity contribution < 1.29 is 14.9 Å². The maximum atomic E-state index is 8.77. The van der Waals surface area contributed by atoms with Crippen LogP contribution in [0.4, 0.5) is 0 Å². The summed E-state index contributed by atoms with van der Waals surface area (Å²) >= 11 is 0. The molecule has 0 aromatic rings. The molecule has 0 radical (unpaired) electrons. The van der Waals surface area contributed by atoms with Gasteiger partial charge in [-0.15, -0.1) is 0 Å². The molecule has 0 amide bonds. The van der Waals surface area contributed by atoms with Crippen LogP contribution < -0.4 is 10.6 Å². The summed E-state index contributed by atoms with van der Waals surface area (Å²) in [5.74, 6) is 0. The van der Waals surface area contributed by atoms with Gasteiger partial charge in [0.1, 0.15) is 6.73 Å². The number of nitrogens with one attached hydrogen (secondary N) is 2. The second-order valence-electron chi connectivity index (χ2n) is 2.20. The van der Waals surface area contributed by atoms with E-state index in [1.807, 2.05) is 0 Å². The molecule has 0 aromatic heterocycles. The summed E-state index contributed by atoms with van der Waals surface area (Å²) in [5, 5.41) is 23.2. The van der Waals surface area contributed by atoms with Gasteiger partial charge in [0, 0.05) is 6.67 Å². The highest BCUT2D eigenvalue weighted by atomic mass is 16.5. The third-order valence-corrected chi connectivity index (χ3v) is 1.50. The lowest BCUT2D eigenvalue weighted by Gasteiger charge is -2.35. The first-order chi connectivity index (χ1) is 4.83. The molecule has 0 atom stereocenters. The molecule has 0 unspecified atom stereocenters. The van der Waals surface area contributed by atoms with Gasteiger partial charge < -0.3 is 14.9 Å². The predicted molar refractivity (Wildman–Crippen MR) is 34.0 cm³/mol. The maximum absolute atomic E-state index is 8.77. The summed E-state index contributed by atoms with van der Waals surface area (Å²) < 4.78 is 5.04. The number of rotatable bonds is 2. The molecule has 1 heterocycles. The lowest BCUT2D eigenvalue weighted by Crippen LogP contribution is -2.61. The van der Waals surface area contributed by atoms with Gasteiger partial charge in [-0.2, -0.15) is 0 Å². The minimum atomic E-state index is -0.939. The lowest BCUT2D eigenvalue weighted by atomic mass is 10.2. The Morgan fingerprint density at radius 3 is 2.40 bits per heavy atom. The molecule has 4 N–H and O–H groups in total. The Morgan fingerprint density at radius 2 is 2.10 bits per heavy atom. The summed E-state index contributed by atoms with van der Waals surface area (Å²) in [6, 6.07) is 0. The number of hydrogen-bond donors (Lipinski definition) is 4. The lowest BCUT2D eigenvalue weighted by molar-refractivity contribution is -0.156. The molecule has 0 aliphatic carbocycles. The number of ether oxygens (including phenoxy) is 1. The van der Waals surface area contributed by atoms with Gasteiger partial charge in [0.15, 0.2) is 5.72 Å². The third kappa shape index (κ3) is 1.44. The van der Waals surface area contributed by atoms with Crippen LogP contribution in [0.2, 0.25) is 0 Å². The monoisotopic (exact) mass is 148 g/mol. The van der Waals surface area contributed by atoms with E-state index < -0.39 is 5.72 Å². The Hall–Kier alpha value is -0.200. The van der Waals surface area contributed by atoms with Gasteiger partial charge in [0.2, 0.25) is 0 Å². The van der Waals surface area contributed by atoms with Gasteiger partial charge >= 0.3 is 0 Å². The minimum Gasteiger partial charge on any atom is -0.392 e. The quantitative estimate of drug-likeness (QED) is 0.357. The van der Waals surface area contributed by atoms with Gasteiger partial charge in [-0.25, -0.2) is 0 Å². The van der Waals surface area contributed by atoms with Crippen molar-refractivity contribution in [2.24, 2.45) is 0 Å². The zero-order valence-corrected chi connectivity index (χ0v) is 5.63. The Morgan fingerprint density at radius 1 is 1.40 bits per heavy atom. The van der Waals surface area contributed by atoms with Crippen molar-refractivity contribution in [2.45, 2.75) is 5.72 Å². The number of hydrogen-bond acceptors (Lipinski definition) is 5. The van der Waals surface area contributed by atoms with Crippen LogP contribution in [0.3, 0.4) is 0 Å². The fourth-order valence-electron chi connectivity index (χ4n) is 0.768. The topological polar surface area (TPSA) is 73.8 Å². The van der Waals surface area contributed by atoms with E-state index in [1.165, 1.54) is 0 Å². The van der Waals surface area contributed by atoms with Gasteiger partial charge in [-0.3, -0.25) is 10.6 Å². The summed E-state index contributed by atoms with van der Waals surface area (Å²) in [6.45, 7) is 0.464. The molecule has 0 saturated carbocycles. The Kier molecular flexibility index (Phi) is 2.58. The van der Waals surface area contributed by atoms with Crippen LogP contribution in [-0.2, 0) is 4.74 Å². The summed E-state index contributed by atoms with van der Waals surface area (Å²) in [4.78, 5) is 0. The highest BCUT2D eigenvalue weighted by molar-refractivity contribution is 4.77. The minimum absolute atomic E-state index is 0.217. The molecular weight excluding hydrogens is 136 g/mol. The van der Waals surface area contributed by atoms with Crippen LogP contribution in [-0.4, -0.2) is 42.6 Å². The molecule has 1 saturated heterocycles. The van der Waals surface area contributed by atoms with Gasteiger partial charge in [-0.1, -0.05) is 0 Å². The van der Waals surface area contributed by atoms with Gasteiger partial charge in [0.05, 0.1) is 13.2 Å². The largest absolute Gasteiger partial charge is 0.392 e. The van der Waals surface area contributed by atoms with Crippen LogP contribution in [0, 0.1) is 0 Å². The van der Waals surface area contributed by atoms with Crippen LogP contribution in [0.15, 0.2) is 0 Å². The molecule has 5 nitrogen and oxygen atoms in total. The maximum Gasteiger partial charge on any atom is 0.168 e. The molecule has 1 aliphatic heterocycles. The molecule has 0 spiro atoms. The second kappa shape index (κ2) is 3.27. The fraction of sp³-hybridized carbons (Fsp3) is 1.00. The molecule has 1 fully saturated rings. The van der Waals surface area contributed by atoms with Gasteiger partial charge in [0.25, 0.3) is 0 Å². The summed E-state index contributed by atoms with van der Waals surface area (Å²) in [5.41, 5.74) is -0.939. The van der Waals surface area contributed by atoms with E-state index in [1.54, 1.807) is 0 Å². The van der Waals surface area contributed by atoms with Crippen molar-refractivity contribution >= 4 is 0 Å². The van der Waals surface area contributed by atoms with Crippen molar-refractivity contribution in [2.75, 3.05) is 26.6 Å². The summed E-state index contributed by atoms with van der Waals surface area (Å²) in [6.07, 6.45) is 0. The van der Waals surface area contributed by atoms with Crippen molar-refractivity contribution in [1.29, 1.82) is 0 Å². The second-order valence-corrected chi connectivity index (χ2v) is 2.20. The zero-order chi connectivity index (χ0) is 7.45. The normalized spacial score (nSPS) is 24.6. The van der Waals surface area contributed by atoms with E-state index >= 15 is 0 Å². The standard InChI is InChI=1S/C5H12N2O3/c8-1-5(2-9)7-3-6-4-10-5/h6-9H,1-4H2. The number of aliphatic hydroxyl groups excluding tert-OH is 2. The zero-order valence-electron chi connectivity index (χ0n) is 5.63. The molecular formula is C5H12N2O3. The van der Waals surface area contributed by atoms with E-state index in [2.05, 4.69) is 10.6 Å².